The molecule has 0 heterocycles. The molecule has 0 atom stereocenters. The van der Waals surface area contributed by atoms with Crippen molar-refractivity contribution in [3.63, 3.8) is 0 Å². The number of amides is 1. The molecule has 0 aromatic rings. The maximum absolute atomic E-state index is 9.57. The molecule has 0 aliphatic heterocycles. The summed E-state index contributed by atoms with van der Waals surface area (Å²) in [4.78, 5) is 27.2. The van der Waals surface area contributed by atoms with Crippen LogP contribution >= 0.6 is 25.3 Å². The van der Waals surface area contributed by atoms with Crippen LogP contribution in [0.3, 0.4) is 0 Å². The maximum atomic E-state index is 9.57. The number of hydrogen-bond acceptors (Lipinski definition) is 4. The molecule has 5 nitrogen and oxygen atoms in total. The molecule has 0 radical (unpaired) electrons. The predicted octanol–water partition coefficient (Wildman–Crippen LogP) is -2.73. The zero-order valence-electron chi connectivity index (χ0n) is 8.68. The first-order valence-corrected chi connectivity index (χ1v) is 3.51. The Bertz CT molecular complexity index is 130. The third-order valence-electron chi connectivity index (χ3n) is 0.310. The Kier molecular flexibility index (Phi) is 52.7. The molecule has 74 valence electrons. The molecule has 0 saturated carbocycles. The van der Waals surface area contributed by atoms with Crippen molar-refractivity contribution in [2.75, 3.05) is 14.2 Å². The minimum absolute atomic E-state index is 0. The molecule has 0 aromatic heterocycles. The Hall–Kier alpha value is 0.310. The van der Waals surface area contributed by atoms with Crippen LogP contribution in [-0.4, -0.2) is 31.5 Å². The van der Waals surface area contributed by atoms with Gasteiger partial charge in [-0.1, -0.05) is 12.6 Å². The largest absolute Gasteiger partial charge is 1.00 e. The van der Waals surface area contributed by atoms with E-state index in [4.69, 9.17) is 9.59 Å². The van der Waals surface area contributed by atoms with Crippen molar-refractivity contribution in [1.82, 2.24) is 5.32 Å². The second-order valence-electron chi connectivity index (χ2n) is 0.992. The Balaban J connectivity index is -0.0000000278. The number of nitrogens with one attached hydrogen (secondary N) is 1. The van der Waals surface area contributed by atoms with Gasteiger partial charge in [-0.15, -0.1) is 12.6 Å². The van der Waals surface area contributed by atoms with Crippen molar-refractivity contribution in [1.29, 1.82) is 0 Å². The molecule has 13 heavy (non-hydrogen) atoms. The van der Waals surface area contributed by atoms with Crippen LogP contribution in [0.1, 0.15) is 1.43 Å². The van der Waals surface area contributed by atoms with Crippen LogP contribution in [-0.2, 0) is 14.3 Å². The van der Waals surface area contributed by atoms with Crippen LogP contribution in [0, 0.1) is 0 Å². The second kappa shape index (κ2) is 29.5. The summed E-state index contributed by atoms with van der Waals surface area (Å²) in [6, 6.07) is 0. The predicted molar refractivity (Wildman–Crippen MR) is 53.4 cm³/mol. The summed E-state index contributed by atoms with van der Waals surface area (Å²) >= 11 is 6.46. The molecule has 8 heteroatoms. The minimum atomic E-state index is -0.301. The molecule has 0 fully saturated rings. The fraction of sp³-hybridized carbons (Fsp3) is 0.400. The fourth-order valence-electron chi connectivity index (χ4n) is 0. The normalized spacial score (nSPS) is 5.23. The van der Waals surface area contributed by atoms with Crippen molar-refractivity contribution >= 4 is 42.6 Å². The van der Waals surface area contributed by atoms with E-state index >= 15 is 0 Å². The molecule has 0 saturated heterocycles. The van der Waals surface area contributed by atoms with Gasteiger partial charge in [0.25, 0.3) is 11.7 Å². The van der Waals surface area contributed by atoms with E-state index in [1.165, 1.54) is 14.2 Å². The number of carbonyl (C=O) groups excluding carboxylic acids is 3. The van der Waals surface area contributed by atoms with E-state index in [2.05, 4.69) is 35.3 Å². The van der Waals surface area contributed by atoms with E-state index in [1.54, 1.807) is 0 Å². The average Bonchev–Trinajstić information content (AvgIpc) is 2.06. The quantitative estimate of drug-likeness (QED) is 0.263. The summed E-state index contributed by atoms with van der Waals surface area (Å²) in [5, 5.41) is 1.95. The zero-order chi connectivity index (χ0) is 10.4. The standard InChI is InChI=1S/C2H5NOS.C2H4O2.CH2OS.Na.H/c1-3-2(4)5;1-4-2-3;2-1-3;;/h1H3,(H2,3,4,5);2H,1H3;1H,(H,2,3);;/q;;;+1;-1. The van der Waals surface area contributed by atoms with Gasteiger partial charge < -0.3 is 11.5 Å². The molecule has 0 spiro atoms. The third-order valence-corrected chi connectivity index (χ3v) is 0.534. The van der Waals surface area contributed by atoms with Crippen LogP contribution < -0.4 is 34.9 Å². The molecular formula is C5H12NNaO4S2. The third kappa shape index (κ3) is 119. The Morgan fingerprint density at radius 3 is 1.69 bits per heavy atom. The van der Waals surface area contributed by atoms with Gasteiger partial charge in [-0.3, -0.25) is 14.4 Å². The van der Waals surface area contributed by atoms with Crippen molar-refractivity contribution in [3.8, 4) is 0 Å². The topological polar surface area (TPSA) is 72.5 Å². The van der Waals surface area contributed by atoms with Gasteiger partial charge in [0.05, 0.1) is 7.11 Å². The van der Waals surface area contributed by atoms with Gasteiger partial charge in [0, 0.05) is 7.05 Å². The van der Waals surface area contributed by atoms with Crippen molar-refractivity contribution in [3.05, 3.63) is 0 Å². The summed E-state index contributed by atoms with van der Waals surface area (Å²) in [7, 11) is 2.84. The average molecular weight is 237 g/mol. The number of hydrogen-bond donors (Lipinski definition) is 3. The summed E-state index contributed by atoms with van der Waals surface area (Å²) < 4.78 is 3.86. The number of thiol groups is 2. The minimum Gasteiger partial charge on any atom is -1.00 e. The number of rotatable bonds is 1. The first kappa shape index (κ1) is 23.3. The van der Waals surface area contributed by atoms with Gasteiger partial charge in [0.15, 0.2) is 5.62 Å². The summed E-state index contributed by atoms with van der Waals surface area (Å²) in [6.07, 6.45) is 0. The van der Waals surface area contributed by atoms with Gasteiger partial charge in [-0.2, -0.15) is 0 Å². The van der Waals surface area contributed by atoms with Crippen molar-refractivity contribution in [2.45, 2.75) is 0 Å². The molecule has 0 aromatic carbocycles. The van der Waals surface area contributed by atoms with Crippen molar-refractivity contribution < 1.29 is 50.1 Å². The molecule has 1 amide bonds. The van der Waals surface area contributed by atoms with Gasteiger partial charge >= 0.3 is 29.6 Å². The van der Waals surface area contributed by atoms with Crippen LogP contribution in [0.4, 0.5) is 4.79 Å². The smallest absolute Gasteiger partial charge is 1.00 e. The van der Waals surface area contributed by atoms with E-state index in [0.717, 1.165) is 0 Å². The molecule has 0 bridgehead atoms. The van der Waals surface area contributed by atoms with Gasteiger partial charge in [0.2, 0.25) is 0 Å². The Labute approximate surface area is 112 Å². The van der Waals surface area contributed by atoms with Gasteiger partial charge in [-0.25, -0.2) is 0 Å². The zero-order valence-corrected chi connectivity index (χ0v) is 11.5. The Morgan fingerprint density at radius 1 is 1.54 bits per heavy atom. The SMILES string of the molecule is CNC(=O)S.COC=O.O=CS.[H-].[Na+]. The van der Waals surface area contributed by atoms with Gasteiger partial charge in [-0.05, 0) is 0 Å². The van der Waals surface area contributed by atoms with Crippen molar-refractivity contribution in [2.24, 2.45) is 0 Å². The molecule has 1 N–H and O–H groups in total. The molecular weight excluding hydrogens is 225 g/mol. The van der Waals surface area contributed by atoms with Crippen LogP contribution in [0.2, 0.25) is 0 Å². The van der Waals surface area contributed by atoms with E-state index < -0.39 is 0 Å². The van der Waals surface area contributed by atoms with Crippen LogP contribution in [0.25, 0.3) is 0 Å². The summed E-state index contributed by atoms with van der Waals surface area (Å²) in [6.45, 7) is 0.375. The van der Waals surface area contributed by atoms with E-state index in [0.29, 0.717) is 12.1 Å². The first-order chi connectivity index (χ1) is 5.60. The molecule has 0 rings (SSSR count). The first-order valence-electron chi connectivity index (χ1n) is 2.55. The van der Waals surface area contributed by atoms with E-state index in [-0.39, 0.29) is 36.2 Å². The van der Waals surface area contributed by atoms with Gasteiger partial charge in [0.1, 0.15) is 0 Å². The second-order valence-corrected chi connectivity index (χ2v) is 1.61. The fourth-order valence-corrected chi connectivity index (χ4v) is 0. The monoisotopic (exact) mass is 237 g/mol. The number of ether oxygens (including phenoxy) is 1. The molecule has 0 unspecified atom stereocenters. The summed E-state index contributed by atoms with van der Waals surface area (Å²) in [5.41, 5.74) is 0.444. The van der Waals surface area contributed by atoms with Crippen LogP contribution in [0.15, 0.2) is 0 Å². The number of methoxy groups -OCH3 is 1. The van der Waals surface area contributed by atoms with Crippen LogP contribution in [0.5, 0.6) is 0 Å². The molecule has 0 aliphatic carbocycles. The Morgan fingerprint density at radius 2 is 1.69 bits per heavy atom. The molecule has 0 aliphatic rings. The summed E-state index contributed by atoms with van der Waals surface area (Å²) in [5.74, 6) is 0. The van der Waals surface area contributed by atoms with E-state index in [9.17, 15) is 4.79 Å². The maximum Gasteiger partial charge on any atom is 1.00 e. The van der Waals surface area contributed by atoms with E-state index in [1.807, 2.05) is 0 Å². The number of carbonyl (C=O) groups is 3.